The number of hydrogen-bond donors (Lipinski definition) is 0. The van der Waals surface area contributed by atoms with Crippen LogP contribution in [-0.2, 0) is 14.6 Å². The monoisotopic (exact) mass is 310 g/mol. The quantitative estimate of drug-likeness (QED) is 0.577. The molecule has 0 fully saturated rings. The average Bonchev–Trinajstić information content (AvgIpc) is 2.26. The van der Waals surface area contributed by atoms with Crippen molar-refractivity contribution in [1.29, 1.82) is 0 Å². The second-order valence-corrected chi connectivity index (χ2v) is 3.11. The van der Waals surface area contributed by atoms with Crippen molar-refractivity contribution >= 4 is 0 Å². The van der Waals surface area contributed by atoms with Crippen LogP contribution in [0.3, 0.4) is 0 Å². The first-order chi connectivity index (χ1) is 8.39. The lowest BCUT2D eigenvalue weighted by atomic mass is 10.0. The van der Waals surface area contributed by atoms with Crippen molar-refractivity contribution in [2.45, 2.75) is 23.9 Å². The fourth-order valence-corrected chi connectivity index (χ4v) is 1.13. The predicted molar refractivity (Wildman–Crippen MR) is 32.3 cm³/mol. The van der Waals surface area contributed by atoms with Crippen molar-refractivity contribution in [3.05, 3.63) is 11.7 Å². The Balaban J connectivity index is 3.65. The van der Waals surface area contributed by atoms with Gasteiger partial charge in [-0.05, 0) is 9.05 Å². The topological polar surface area (TPSA) is 27.7 Å². The molecule has 1 heterocycles. The number of ether oxygens (including phenoxy) is 1. The number of halogens is 10. The van der Waals surface area contributed by atoms with E-state index in [0.717, 1.165) is 0 Å². The van der Waals surface area contributed by atoms with Gasteiger partial charge < -0.3 is 0 Å². The third kappa shape index (κ3) is 1.87. The fraction of sp³-hybridized carbons (Fsp3) is 0.667. The Morgan fingerprint density at radius 3 is 1.63 bits per heavy atom. The van der Waals surface area contributed by atoms with Gasteiger partial charge >= 0.3 is 23.9 Å². The van der Waals surface area contributed by atoms with Gasteiger partial charge in [-0.2, -0.15) is 30.7 Å². The molecule has 0 bridgehead atoms. The summed E-state index contributed by atoms with van der Waals surface area (Å²) in [5.41, 5.74) is 0. The molecular weight excluding hydrogens is 310 g/mol. The highest BCUT2D eigenvalue weighted by Gasteiger charge is 2.83. The van der Waals surface area contributed by atoms with E-state index in [4.69, 9.17) is 0 Å². The molecule has 0 N–H and O–H groups in total. The molecular formula is C6F10O3. The first-order valence-electron chi connectivity index (χ1n) is 3.89. The van der Waals surface area contributed by atoms with Crippen LogP contribution in [0.25, 0.3) is 0 Å². The summed E-state index contributed by atoms with van der Waals surface area (Å²) in [7, 11) is 0. The highest BCUT2D eigenvalue weighted by Crippen LogP contribution is 2.57. The molecule has 0 amide bonds. The molecule has 0 spiro atoms. The van der Waals surface area contributed by atoms with Gasteiger partial charge in [0.15, 0.2) is 0 Å². The molecule has 1 aliphatic rings. The van der Waals surface area contributed by atoms with Crippen LogP contribution in [0, 0.1) is 0 Å². The van der Waals surface area contributed by atoms with Gasteiger partial charge in [0.05, 0.1) is 0 Å². The van der Waals surface area contributed by atoms with Crippen molar-refractivity contribution in [2.75, 3.05) is 0 Å². The van der Waals surface area contributed by atoms with E-state index >= 15 is 0 Å². The minimum absolute atomic E-state index is 1.92. The van der Waals surface area contributed by atoms with Crippen LogP contribution >= 0.6 is 0 Å². The first kappa shape index (κ1) is 16.0. The maximum Gasteiger partial charge on any atom is 0.455 e. The third-order valence-corrected chi connectivity index (χ3v) is 2.01. The lowest BCUT2D eigenvalue weighted by Crippen LogP contribution is -2.67. The summed E-state index contributed by atoms with van der Waals surface area (Å²) in [6.45, 7) is 0. The molecule has 0 radical (unpaired) electrons. The normalized spacial score (nSPS) is 30.6. The second kappa shape index (κ2) is 4.21. The lowest BCUT2D eigenvalue weighted by Gasteiger charge is -2.41. The molecule has 0 aromatic rings. The molecule has 0 saturated heterocycles. The molecule has 1 atom stereocenters. The summed E-state index contributed by atoms with van der Waals surface area (Å²) < 4.78 is 126. The van der Waals surface area contributed by atoms with Gasteiger partial charge in [-0.3, -0.25) is 4.74 Å². The van der Waals surface area contributed by atoms with Gasteiger partial charge in [-0.25, -0.2) is 4.39 Å². The van der Waals surface area contributed by atoms with Gasteiger partial charge in [-0.1, -0.05) is 0 Å². The fourth-order valence-electron chi connectivity index (χ4n) is 1.13. The van der Waals surface area contributed by atoms with Crippen molar-refractivity contribution in [2.24, 2.45) is 0 Å². The first-order valence-corrected chi connectivity index (χ1v) is 3.89. The third-order valence-electron chi connectivity index (χ3n) is 2.01. The van der Waals surface area contributed by atoms with Crippen LogP contribution in [0.2, 0.25) is 0 Å². The molecule has 0 aromatic carbocycles. The summed E-state index contributed by atoms with van der Waals surface area (Å²) in [6, 6.07) is 0. The Bertz CT molecular complexity index is 399. The van der Waals surface area contributed by atoms with Gasteiger partial charge in [-0.15, -0.1) is 9.88 Å². The summed E-state index contributed by atoms with van der Waals surface area (Å²) >= 11 is 0. The Morgan fingerprint density at radius 1 is 0.895 bits per heavy atom. The van der Waals surface area contributed by atoms with Crippen LogP contribution in [0.1, 0.15) is 0 Å². The van der Waals surface area contributed by atoms with Crippen molar-refractivity contribution in [1.82, 2.24) is 0 Å². The highest BCUT2D eigenvalue weighted by atomic mass is 19.4. The minimum Gasteiger partial charge on any atom is -0.264 e. The number of alkyl halides is 6. The van der Waals surface area contributed by atoms with E-state index in [9.17, 15) is 44.2 Å². The van der Waals surface area contributed by atoms with Crippen molar-refractivity contribution in [3.63, 3.8) is 0 Å². The van der Waals surface area contributed by atoms with E-state index in [1.807, 2.05) is 9.88 Å². The lowest BCUT2D eigenvalue weighted by molar-refractivity contribution is -0.544. The summed E-state index contributed by atoms with van der Waals surface area (Å²) in [5.74, 6) is -18.9. The highest BCUT2D eigenvalue weighted by molar-refractivity contribution is 5.24. The molecule has 1 rings (SSSR count). The zero-order valence-electron chi connectivity index (χ0n) is 8.00. The van der Waals surface area contributed by atoms with E-state index < -0.39 is 35.6 Å². The van der Waals surface area contributed by atoms with Crippen LogP contribution in [0.4, 0.5) is 44.2 Å². The maximum atomic E-state index is 13.3. The van der Waals surface area contributed by atoms with Crippen molar-refractivity contribution in [3.8, 4) is 0 Å². The second-order valence-electron chi connectivity index (χ2n) is 3.11. The average molecular weight is 310 g/mol. The van der Waals surface area contributed by atoms with Gasteiger partial charge in [0.1, 0.15) is 0 Å². The van der Waals surface area contributed by atoms with E-state index in [-0.39, 0.29) is 0 Å². The Hall–Kier alpha value is -1.08. The molecule has 13 heteroatoms. The summed E-state index contributed by atoms with van der Waals surface area (Å²) in [5, 5.41) is 0. The van der Waals surface area contributed by atoms with Crippen LogP contribution in [0.5, 0.6) is 0 Å². The van der Waals surface area contributed by atoms with Crippen molar-refractivity contribution < 1.29 is 58.8 Å². The van der Waals surface area contributed by atoms with Gasteiger partial charge in [0.2, 0.25) is 11.7 Å². The van der Waals surface area contributed by atoms with E-state index in [0.29, 0.717) is 0 Å². The zero-order chi connectivity index (χ0) is 15.3. The Labute approximate surface area is 95.7 Å². The number of hydrogen-bond acceptors (Lipinski definition) is 3. The maximum absolute atomic E-state index is 13.3. The van der Waals surface area contributed by atoms with Crippen LogP contribution in [0.15, 0.2) is 11.7 Å². The molecule has 1 aliphatic heterocycles. The Morgan fingerprint density at radius 2 is 1.32 bits per heavy atom. The molecule has 112 valence electrons. The van der Waals surface area contributed by atoms with Crippen LogP contribution < -0.4 is 0 Å². The van der Waals surface area contributed by atoms with E-state index in [2.05, 4.69) is 4.74 Å². The van der Waals surface area contributed by atoms with E-state index in [1.54, 1.807) is 0 Å². The molecule has 0 aliphatic carbocycles. The molecule has 0 aromatic heterocycles. The van der Waals surface area contributed by atoms with Crippen LogP contribution in [-0.4, -0.2) is 23.9 Å². The molecule has 1 unspecified atom stereocenters. The molecule has 3 nitrogen and oxygen atoms in total. The SMILES string of the molecule is FOC1(OF)C(F)=C(F)C(F)(F)OC1(F)C(F)(F)F. The summed E-state index contributed by atoms with van der Waals surface area (Å²) in [4.78, 5) is 3.85. The molecule has 19 heavy (non-hydrogen) atoms. The van der Waals surface area contributed by atoms with E-state index in [1.165, 1.54) is 0 Å². The smallest absolute Gasteiger partial charge is 0.264 e. The largest absolute Gasteiger partial charge is 0.455 e. The predicted octanol–water partition coefficient (Wildman–Crippen LogP) is 3.49. The zero-order valence-corrected chi connectivity index (χ0v) is 8.00. The van der Waals surface area contributed by atoms with Gasteiger partial charge in [0.25, 0.3) is 0 Å². The summed E-state index contributed by atoms with van der Waals surface area (Å²) in [6.07, 6.45) is -12.5. The molecule has 0 saturated carbocycles. The Kier molecular flexibility index (Phi) is 3.54. The minimum atomic E-state index is -6.67. The number of rotatable bonds is 2. The van der Waals surface area contributed by atoms with Gasteiger partial charge in [0, 0.05) is 0 Å². The standard InChI is InChI=1S/C6F10O3/c7-1-2(8)4(9,10)17-5(11,6(12,13)14)3(1,18-15)19-16.